The van der Waals surface area contributed by atoms with Crippen molar-refractivity contribution >= 4 is 22.2 Å². The van der Waals surface area contributed by atoms with Gasteiger partial charge >= 0.3 is 0 Å². The monoisotopic (exact) mass is 383 g/mol. The zero-order valence-electron chi connectivity index (χ0n) is 16.4. The Bertz CT molecular complexity index is 1250. The van der Waals surface area contributed by atoms with E-state index in [2.05, 4.69) is 6.07 Å². The van der Waals surface area contributed by atoms with E-state index >= 15 is 0 Å². The first-order chi connectivity index (χ1) is 14.1. The van der Waals surface area contributed by atoms with Crippen molar-refractivity contribution in [2.75, 3.05) is 27.2 Å². The molecule has 2 aromatic heterocycles. The van der Waals surface area contributed by atoms with Gasteiger partial charge in [0.2, 0.25) is 0 Å². The summed E-state index contributed by atoms with van der Waals surface area (Å²) in [6, 6.07) is 20.7. The van der Waals surface area contributed by atoms with E-state index in [-0.39, 0.29) is 5.78 Å². The van der Waals surface area contributed by atoms with Gasteiger partial charge < -0.3 is 14.0 Å². The highest BCUT2D eigenvalue weighted by Crippen LogP contribution is 2.26. The molecule has 0 saturated carbocycles. The molecule has 0 aliphatic carbocycles. The normalized spacial score (nSPS) is 11.1. The second-order valence-corrected chi connectivity index (χ2v) is 7.22. The number of fused-ring (bicyclic) bond motifs is 3. The van der Waals surface area contributed by atoms with Gasteiger partial charge in [0, 0.05) is 34.8 Å². The fraction of sp³-hybridized carbons (Fsp3) is 0.167. The van der Waals surface area contributed by atoms with Crippen LogP contribution < -0.4 is 4.74 Å². The van der Waals surface area contributed by atoms with Crippen LogP contribution in [0.4, 0.5) is 0 Å². The lowest BCUT2D eigenvalue weighted by Crippen LogP contribution is -2.19. The second-order valence-electron chi connectivity index (χ2n) is 7.22. The first kappa shape index (κ1) is 18.7. The number of hydrogen-bond acceptors (Lipinski definition) is 4. The van der Waals surface area contributed by atoms with Gasteiger partial charge in [-0.15, -0.1) is 0 Å². The molecule has 0 amide bonds. The summed E-state index contributed by atoms with van der Waals surface area (Å²) in [4.78, 5) is 15.5. The molecule has 0 N–H and O–H groups in total. The van der Waals surface area contributed by atoms with Gasteiger partial charge in [-0.2, -0.15) is 5.26 Å². The van der Waals surface area contributed by atoms with E-state index in [9.17, 15) is 10.1 Å². The van der Waals surface area contributed by atoms with Crippen LogP contribution in [0.3, 0.4) is 0 Å². The summed E-state index contributed by atoms with van der Waals surface area (Å²) in [6.07, 6.45) is 1.93. The van der Waals surface area contributed by atoms with Gasteiger partial charge in [0.05, 0.1) is 17.1 Å². The minimum atomic E-state index is -0.133. The van der Waals surface area contributed by atoms with E-state index in [0.717, 1.165) is 23.0 Å². The number of benzene rings is 2. The van der Waals surface area contributed by atoms with Crippen LogP contribution in [-0.2, 0) is 0 Å². The van der Waals surface area contributed by atoms with Crippen LogP contribution >= 0.6 is 0 Å². The number of nitrogens with zero attached hydrogens (tertiary/aromatic N) is 3. The van der Waals surface area contributed by atoms with Gasteiger partial charge in [-0.1, -0.05) is 18.2 Å². The Hall–Kier alpha value is -3.62. The number of pyridine rings is 1. The van der Waals surface area contributed by atoms with Gasteiger partial charge in [0.15, 0.2) is 5.78 Å². The van der Waals surface area contributed by atoms with Crippen LogP contribution in [0.2, 0.25) is 0 Å². The van der Waals surface area contributed by atoms with Crippen molar-refractivity contribution in [2.24, 2.45) is 0 Å². The lowest BCUT2D eigenvalue weighted by Gasteiger charge is -2.13. The Balaban J connectivity index is 1.79. The quantitative estimate of drug-likeness (QED) is 0.470. The van der Waals surface area contributed by atoms with Crippen molar-refractivity contribution in [3.63, 3.8) is 0 Å². The minimum Gasteiger partial charge on any atom is -0.492 e. The molecule has 0 aliphatic rings. The Morgan fingerprint density at radius 1 is 1.10 bits per heavy atom. The number of ether oxygens (including phenoxy) is 1. The molecule has 0 spiro atoms. The Morgan fingerprint density at radius 2 is 1.97 bits per heavy atom. The number of aromatic nitrogens is 1. The summed E-state index contributed by atoms with van der Waals surface area (Å²) in [5.41, 5.74) is 3.30. The zero-order chi connectivity index (χ0) is 20.4. The zero-order valence-corrected chi connectivity index (χ0v) is 16.4. The van der Waals surface area contributed by atoms with Crippen LogP contribution in [0.25, 0.3) is 16.4 Å². The molecule has 4 rings (SSSR count). The van der Waals surface area contributed by atoms with Gasteiger partial charge in [-0.05, 0) is 56.6 Å². The van der Waals surface area contributed by atoms with Crippen LogP contribution in [0.15, 0.2) is 66.9 Å². The number of ketones is 1. The lowest BCUT2D eigenvalue weighted by molar-refractivity contribution is 0.103. The molecule has 0 fully saturated rings. The number of rotatable bonds is 6. The largest absolute Gasteiger partial charge is 0.492 e. The molecular formula is C24H21N3O2. The fourth-order valence-corrected chi connectivity index (χ4v) is 3.43. The van der Waals surface area contributed by atoms with E-state index < -0.39 is 0 Å². The molecular weight excluding hydrogens is 362 g/mol. The third kappa shape index (κ3) is 3.71. The summed E-state index contributed by atoms with van der Waals surface area (Å²) in [5, 5.41) is 10.3. The number of hydrogen-bond donors (Lipinski definition) is 0. The van der Waals surface area contributed by atoms with E-state index in [1.807, 2.05) is 72.1 Å². The van der Waals surface area contributed by atoms with E-state index in [4.69, 9.17) is 4.74 Å². The molecule has 2 heterocycles. The fourth-order valence-electron chi connectivity index (χ4n) is 3.43. The molecule has 0 bridgehead atoms. The predicted octanol–water partition coefficient (Wildman–Crippen LogP) is 4.14. The van der Waals surface area contributed by atoms with Crippen LogP contribution in [0.1, 0.15) is 21.5 Å². The Kier molecular flexibility index (Phi) is 5.03. The van der Waals surface area contributed by atoms with Crippen molar-refractivity contribution in [1.82, 2.24) is 9.30 Å². The highest BCUT2D eigenvalue weighted by Gasteiger charge is 2.17. The number of nitriles is 1. The predicted molar refractivity (Wildman–Crippen MR) is 114 cm³/mol. The molecule has 0 unspecified atom stereocenters. The highest BCUT2D eigenvalue weighted by molar-refractivity contribution is 6.16. The smallest absolute Gasteiger partial charge is 0.195 e. The van der Waals surface area contributed by atoms with Crippen molar-refractivity contribution < 1.29 is 9.53 Å². The van der Waals surface area contributed by atoms with Crippen molar-refractivity contribution in [1.29, 1.82) is 5.26 Å². The molecule has 2 aromatic carbocycles. The van der Waals surface area contributed by atoms with Crippen LogP contribution in [0.5, 0.6) is 5.75 Å². The highest BCUT2D eigenvalue weighted by atomic mass is 16.5. The summed E-state index contributed by atoms with van der Waals surface area (Å²) < 4.78 is 7.77. The average Bonchev–Trinajstić information content (AvgIpc) is 3.21. The van der Waals surface area contributed by atoms with Gasteiger partial charge in [0.1, 0.15) is 12.4 Å². The third-order valence-corrected chi connectivity index (χ3v) is 4.87. The number of likely N-dealkylation sites (N-methyl/N-ethyl adjacent to an activating group) is 1. The maximum atomic E-state index is 13.4. The lowest BCUT2D eigenvalue weighted by atomic mass is 9.97. The Labute approximate surface area is 169 Å². The number of carbonyl (C=O) groups is 1. The van der Waals surface area contributed by atoms with Crippen molar-refractivity contribution in [2.45, 2.75) is 0 Å². The summed E-state index contributed by atoms with van der Waals surface area (Å²) in [6.45, 7) is 1.33. The molecule has 0 aliphatic heterocycles. The molecule has 0 saturated heterocycles. The molecule has 5 heteroatoms. The molecule has 0 atom stereocenters. The van der Waals surface area contributed by atoms with E-state index in [1.54, 1.807) is 18.2 Å². The number of carbonyl (C=O) groups excluding carboxylic acids is 1. The first-order valence-electron chi connectivity index (χ1n) is 9.43. The summed E-state index contributed by atoms with van der Waals surface area (Å²) in [5.74, 6) is 0.524. The van der Waals surface area contributed by atoms with Gasteiger partial charge in [-0.25, -0.2) is 0 Å². The van der Waals surface area contributed by atoms with Crippen LogP contribution in [0, 0.1) is 11.3 Å². The average molecular weight is 383 g/mol. The van der Waals surface area contributed by atoms with Crippen molar-refractivity contribution in [3.05, 3.63) is 83.6 Å². The maximum Gasteiger partial charge on any atom is 0.195 e. The summed E-state index contributed by atoms with van der Waals surface area (Å²) in [7, 11) is 3.97. The Morgan fingerprint density at radius 3 is 2.76 bits per heavy atom. The third-order valence-electron chi connectivity index (χ3n) is 4.87. The minimum absolute atomic E-state index is 0.133. The van der Waals surface area contributed by atoms with Crippen molar-refractivity contribution in [3.8, 4) is 11.8 Å². The first-order valence-corrected chi connectivity index (χ1v) is 9.43. The molecule has 29 heavy (non-hydrogen) atoms. The molecule has 4 aromatic rings. The molecule has 5 nitrogen and oxygen atoms in total. The second kappa shape index (κ2) is 7.78. The van der Waals surface area contributed by atoms with Gasteiger partial charge in [0.25, 0.3) is 0 Å². The van der Waals surface area contributed by atoms with E-state index in [0.29, 0.717) is 29.0 Å². The van der Waals surface area contributed by atoms with E-state index in [1.165, 1.54) is 0 Å². The van der Waals surface area contributed by atoms with Gasteiger partial charge in [-0.3, -0.25) is 4.79 Å². The maximum absolute atomic E-state index is 13.4. The SMILES string of the molecule is CN(C)CCOc1cccc(C(=O)c2cc(C#N)cc3ccc4cccn4c23)c1. The molecule has 0 radical (unpaired) electrons. The molecule has 144 valence electrons. The van der Waals surface area contributed by atoms with Crippen LogP contribution in [-0.4, -0.2) is 42.3 Å². The summed E-state index contributed by atoms with van der Waals surface area (Å²) >= 11 is 0. The topological polar surface area (TPSA) is 57.7 Å². The standard InChI is InChI=1S/C24H21N3O2/c1-26(2)11-12-29-21-7-3-5-19(15-21)24(28)22-14-17(16-25)13-18-8-9-20-6-4-10-27(20)23(18)22/h3-10,13-15H,11-12H2,1-2H3.